The molecule has 0 aliphatic rings. The van der Waals surface area contributed by atoms with Crippen LogP contribution in [-0.4, -0.2) is 13.4 Å². The number of nitrogens with one attached hydrogen (secondary N) is 1. The van der Waals surface area contributed by atoms with Crippen molar-refractivity contribution >= 4 is 31.6 Å². The van der Waals surface area contributed by atoms with Gasteiger partial charge in [-0.1, -0.05) is 12.1 Å². The van der Waals surface area contributed by atoms with Gasteiger partial charge in [-0.15, -0.1) is 11.3 Å². The van der Waals surface area contributed by atoms with Crippen molar-refractivity contribution in [2.45, 2.75) is 46.1 Å². The number of nitrogens with zero attached hydrogens (tertiary/aromatic N) is 1. The smallest absolute Gasteiger partial charge is 0.240 e. The molecule has 0 saturated carbocycles. The minimum absolute atomic E-state index is 0.201. The monoisotopic (exact) mass is 374 g/mol. The predicted molar refractivity (Wildman–Crippen MR) is 104 cm³/mol. The third-order valence-electron chi connectivity index (χ3n) is 4.95. The SMILES string of the molecule is Cc1c(C)c(C)c(S(=O)(=O)NCc2nc3ccccc3s2)c(C)c1C. The second kappa shape index (κ2) is 6.52. The van der Waals surface area contributed by atoms with E-state index >= 15 is 0 Å². The second-order valence-electron chi connectivity index (χ2n) is 6.35. The van der Waals surface area contributed by atoms with Crippen molar-refractivity contribution < 1.29 is 8.42 Å². The van der Waals surface area contributed by atoms with Gasteiger partial charge in [0.05, 0.1) is 21.7 Å². The van der Waals surface area contributed by atoms with Gasteiger partial charge in [-0.25, -0.2) is 18.1 Å². The van der Waals surface area contributed by atoms with Crippen LogP contribution in [0.5, 0.6) is 0 Å². The van der Waals surface area contributed by atoms with E-state index in [-0.39, 0.29) is 6.54 Å². The maximum atomic E-state index is 12.9. The van der Waals surface area contributed by atoms with Gasteiger partial charge in [0.25, 0.3) is 0 Å². The molecular weight excluding hydrogens is 352 g/mol. The summed E-state index contributed by atoms with van der Waals surface area (Å²) in [5, 5.41) is 0.764. The largest absolute Gasteiger partial charge is 0.241 e. The average Bonchev–Trinajstić information content (AvgIpc) is 2.99. The first-order chi connectivity index (χ1) is 11.7. The van der Waals surface area contributed by atoms with Gasteiger partial charge < -0.3 is 0 Å². The highest BCUT2D eigenvalue weighted by atomic mass is 32.2. The number of benzene rings is 2. The first kappa shape index (κ1) is 18.0. The van der Waals surface area contributed by atoms with Crippen molar-refractivity contribution in [1.82, 2.24) is 9.71 Å². The molecule has 3 aromatic rings. The molecule has 1 N–H and O–H groups in total. The Balaban J connectivity index is 1.95. The summed E-state index contributed by atoms with van der Waals surface area (Å²) in [5.74, 6) is 0. The van der Waals surface area contributed by atoms with Crippen LogP contribution in [0.4, 0.5) is 0 Å². The highest BCUT2D eigenvalue weighted by Crippen LogP contribution is 2.30. The van der Waals surface area contributed by atoms with Gasteiger partial charge >= 0.3 is 0 Å². The highest BCUT2D eigenvalue weighted by Gasteiger charge is 2.23. The van der Waals surface area contributed by atoms with Crippen molar-refractivity contribution in [3.63, 3.8) is 0 Å². The summed E-state index contributed by atoms with van der Waals surface area (Å²) in [6.07, 6.45) is 0. The van der Waals surface area contributed by atoms with Crippen molar-refractivity contribution in [2.75, 3.05) is 0 Å². The number of rotatable bonds is 4. The maximum Gasteiger partial charge on any atom is 0.241 e. The second-order valence-corrected chi connectivity index (χ2v) is 9.17. The number of hydrogen-bond donors (Lipinski definition) is 1. The molecule has 0 aliphatic carbocycles. The molecular formula is C19H22N2O2S2. The lowest BCUT2D eigenvalue weighted by molar-refractivity contribution is 0.579. The standard InChI is InChI=1S/C19H22N2O2S2/c1-11-12(2)14(4)19(15(5)13(11)3)25(22,23)20-10-18-21-16-8-6-7-9-17(16)24-18/h6-9,20H,10H2,1-5H3. The quantitative estimate of drug-likeness (QED) is 0.740. The van der Waals surface area contributed by atoms with Gasteiger partial charge in [-0.3, -0.25) is 0 Å². The van der Waals surface area contributed by atoms with E-state index in [0.717, 1.165) is 43.0 Å². The normalized spacial score (nSPS) is 12.0. The number of sulfonamides is 1. The molecule has 4 nitrogen and oxygen atoms in total. The number of para-hydroxylation sites is 1. The molecule has 132 valence electrons. The lowest BCUT2D eigenvalue weighted by Crippen LogP contribution is -2.25. The minimum Gasteiger partial charge on any atom is -0.240 e. The van der Waals surface area contributed by atoms with Gasteiger partial charge in [0.15, 0.2) is 0 Å². The predicted octanol–water partition coefficient (Wildman–Crippen LogP) is 4.32. The third-order valence-corrected chi connectivity index (χ3v) is 7.66. The molecule has 1 aromatic heterocycles. The first-order valence-corrected chi connectivity index (χ1v) is 10.4. The molecule has 0 fully saturated rings. The summed E-state index contributed by atoms with van der Waals surface area (Å²) in [6.45, 7) is 9.94. The van der Waals surface area contributed by atoms with Crippen molar-refractivity contribution in [2.24, 2.45) is 0 Å². The fourth-order valence-electron chi connectivity index (χ4n) is 3.09. The van der Waals surface area contributed by atoms with E-state index in [0.29, 0.717) is 4.90 Å². The Hall–Kier alpha value is -1.76. The summed E-state index contributed by atoms with van der Waals surface area (Å²) in [4.78, 5) is 4.89. The maximum absolute atomic E-state index is 12.9. The van der Waals surface area contributed by atoms with E-state index in [1.807, 2.05) is 58.9 Å². The molecule has 3 rings (SSSR count). The van der Waals surface area contributed by atoms with Crippen molar-refractivity contribution in [3.05, 3.63) is 57.1 Å². The van der Waals surface area contributed by atoms with E-state index in [1.165, 1.54) is 11.3 Å². The number of aromatic nitrogens is 1. The van der Waals surface area contributed by atoms with E-state index in [4.69, 9.17) is 0 Å². The van der Waals surface area contributed by atoms with E-state index in [1.54, 1.807) is 0 Å². The Labute approximate surface area is 153 Å². The first-order valence-electron chi connectivity index (χ1n) is 8.13. The molecule has 0 amide bonds. The van der Waals surface area contributed by atoms with Crippen molar-refractivity contribution in [3.8, 4) is 0 Å². The zero-order valence-corrected chi connectivity index (χ0v) is 16.7. The van der Waals surface area contributed by atoms with E-state index in [9.17, 15) is 8.42 Å². The molecule has 0 radical (unpaired) electrons. The summed E-state index contributed by atoms with van der Waals surface area (Å²) < 4.78 is 29.7. The molecule has 25 heavy (non-hydrogen) atoms. The Morgan fingerprint density at radius 2 is 1.48 bits per heavy atom. The molecule has 1 heterocycles. The van der Waals surface area contributed by atoms with Gasteiger partial charge in [0.2, 0.25) is 10.0 Å². The van der Waals surface area contributed by atoms with Gasteiger partial charge in [-0.2, -0.15) is 0 Å². The van der Waals surface area contributed by atoms with Crippen LogP contribution in [0.15, 0.2) is 29.2 Å². The average molecular weight is 375 g/mol. The minimum atomic E-state index is -3.60. The van der Waals surface area contributed by atoms with Crippen LogP contribution in [0.3, 0.4) is 0 Å². The Bertz CT molecular complexity index is 1000. The molecule has 0 saturated heterocycles. The van der Waals surface area contributed by atoms with E-state index < -0.39 is 10.0 Å². The number of hydrogen-bond acceptors (Lipinski definition) is 4. The van der Waals surface area contributed by atoms with Crippen LogP contribution in [-0.2, 0) is 16.6 Å². The molecule has 0 bridgehead atoms. The molecule has 0 atom stereocenters. The summed E-state index contributed by atoms with van der Waals surface area (Å²) in [7, 11) is -3.60. The zero-order valence-electron chi connectivity index (χ0n) is 15.1. The Kier molecular flexibility index (Phi) is 4.70. The highest BCUT2D eigenvalue weighted by molar-refractivity contribution is 7.89. The fraction of sp³-hybridized carbons (Fsp3) is 0.316. The van der Waals surface area contributed by atoms with Crippen LogP contribution in [0.2, 0.25) is 0 Å². The Morgan fingerprint density at radius 3 is 2.08 bits per heavy atom. The topological polar surface area (TPSA) is 59.1 Å². The summed E-state index contributed by atoms with van der Waals surface area (Å²) >= 11 is 1.51. The molecule has 6 heteroatoms. The summed E-state index contributed by atoms with van der Waals surface area (Å²) in [6, 6.07) is 7.82. The molecule has 0 unspecified atom stereocenters. The van der Waals surface area contributed by atoms with Crippen LogP contribution in [0, 0.1) is 34.6 Å². The van der Waals surface area contributed by atoms with E-state index in [2.05, 4.69) is 9.71 Å². The van der Waals surface area contributed by atoms with Gasteiger partial charge in [0, 0.05) is 0 Å². The molecule has 2 aromatic carbocycles. The molecule has 0 aliphatic heterocycles. The third kappa shape index (κ3) is 3.21. The Morgan fingerprint density at radius 1 is 0.920 bits per heavy atom. The van der Waals surface area contributed by atoms with Crippen molar-refractivity contribution in [1.29, 1.82) is 0 Å². The van der Waals surface area contributed by atoms with Crippen LogP contribution in [0.25, 0.3) is 10.2 Å². The lowest BCUT2D eigenvalue weighted by atomic mass is 9.95. The number of fused-ring (bicyclic) bond motifs is 1. The van der Waals surface area contributed by atoms with Gasteiger partial charge in [0.1, 0.15) is 5.01 Å². The lowest BCUT2D eigenvalue weighted by Gasteiger charge is -2.18. The number of thiazole rings is 1. The van der Waals surface area contributed by atoms with Crippen LogP contribution < -0.4 is 4.72 Å². The molecule has 0 spiro atoms. The summed E-state index contributed by atoms with van der Waals surface area (Å²) in [5.41, 5.74) is 5.75. The fourth-order valence-corrected chi connectivity index (χ4v) is 5.68. The van der Waals surface area contributed by atoms with Crippen LogP contribution >= 0.6 is 11.3 Å². The zero-order chi connectivity index (χ0) is 18.4. The van der Waals surface area contributed by atoms with Gasteiger partial charge in [-0.05, 0) is 74.6 Å². The van der Waals surface area contributed by atoms with Crippen LogP contribution in [0.1, 0.15) is 32.8 Å².